The molecule has 0 aliphatic heterocycles. The second kappa shape index (κ2) is 9.85. The monoisotopic (exact) mass is 490 g/mol. The van der Waals surface area contributed by atoms with E-state index in [-0.39, 0.29) is 65.9 Å². The molecule has 0 unspecified atom stereocenters. The zero-order valence-electron chi connectivity index (χ0n) is 21.7. The molecule has 0 aromatic carbocycles. The lowest BCUT2D eigenvalue weighted by molar-refractivity contribution is -0.197. The highest BCUT2D eigenvalue weighted by Gasteiger charge is 2.65. The molecule has 0 amide bonds. The van der Waals surface area contributed by atoms with Gasteiger partial charge in [0.15, 0.2) is 0 Å². The third-order valence-electron chi connectivity index (χ3n) is 10.6. The first-order chi connectivity index (χ1) is 16.5. The zero-order valence-corrected chi connectivity index (χ0v) is 21.7. The Hall–Kier alpha value is -1.92. The van der Waals surface area contributed by atoms with Crippen LogP contribution in [0.15, 0.2) is 0 Å². The molecule has 0 bridgehead atoms. The van der Waals surface area contributed by atoms with Crippen LogP contribution in [0.4, 0.5) is 0 Å². The Morgan fingerprint density at radius 2 is 1.63 bits per heavy atom. The first-order valence-corrected chi connectivity index (χ1v) is 13.6. The smallest absolute Gasteiger partial charge is 0.306 e. The normalized spacial score (nSPS) is 42.2. The van der Waals surface area contributed by atoms with Gasteiger partial charge in [0.25, 0.3) is 0 Å². The lowest BCUT2D eigenvalue weighted by Gasteiger charge is -2.62. The van der Waals surface area contributed by atoms with Gasteiger partial charge in [-0.05, 0) is 93.8 Å². The fourth-order valence-electron chi connectivity index (χ4n) is 8.94. The number of carboxylic acids is 1. The molecule has 0 aromatic rings. The number of hydrogen-bond acceptors (Lipinski definition) is 6. The predicted molar refractivity (Wildman–Crippen MR) is 128 cm³/mol. The van der Waals surface area contributed by atoms with Crippen molar-refractivity contribution >= 4 is 23.7 Å². The van der Waals surface area contributed by atoms with E-state index in [1.165, 1.54) is 6.92 Å². The molecule has 0 aromatic heterocycles. The van der Waals surface area contributed by atoms with Crippen molar-refractivity contribution in [3.63, 3.8) is 0 Å². The van der Waals surface area contributed by atoms with Crippen LogP contribution in [-0.4, -0.2) is 41.0 Å². The second-order valence-electron chi connectivity index (χ2n) is 12.2. The zero-order chi connectivity index (χ0) is 25.5. The lowest BCUT2D eigenvalue weighted by atomic mass is 9.44. The summed E-state index contributed by atoms with van der Waals surface area (Å²) in [5.74, 6) is 0.342. The Labute approximate surface area is 208 Å². The largest absolute Gasteiger partial charge is 0.481 e. The Morgan fingerprint density at radius 3 is 2.29 bits per heavy atom. The van der Waals surface area contributed by atoms with Gasteiger partial charge in [0.2, 0.25) is 0 Å². The van der Waals surface area contributed by atoms with Gasteiger partial charge in [0, 0.05) is 31.1 Å². The predicted octanol–water partition coefficient (Wildman–Crippen LogP) is 4.94. The second-order valence-corrected chi connectivity index (χ2v) is 12.2. The number of carboxylic acid groups (broad SMARTS) is 1. The number of fused-ring (bicyclic) bond motifs is 5. The molecule has 4 saturated carbocycles. The maximum atomic E-state index is 12.8. The van der Waals surface area contributed by atoms with E-state index in [0.717, 1.165) is 51.4 Å². The minimum atomic E-state index is -0.914. The highest BCUT2D eigenvalue weighted by atomic mass is 16.5. The first-order valence-electron chi connectivity index (χ1n) is 13.6. The average Bonchev–Trinajstić information content (AvgIpc) is 3.12. The van der Waals surface area contributed by atoms with Gasteiger partial charge in [-0.15, -0.1) is 0 Å². The van der Waals surface area contributed by atoms with Crippen LogP contribution in [0.1, 0.15) is 98.3 Å². The van der Waals surface area contributed by atoms with Crippen molar-refractivity contribution in [1.29, 1.82) is 0 Å². The molecular weight excluding hydrogens is 448 g/mol. The van der Waals surface area contributed by atoms with E-state index in [1.807, 2.05) is 0 Å². The maximum absolute atomic E-state index is 12.8. The van der Waals surface area contributed by atoms with Crippen molar-refractivity contribution in [2.45, 2.75) is 111 Å². The van der Waals surface area contributed by atoms with Gasteiger partial charge >= 0.3 is 17.9 Å². The molecule has 4 rings (SSSR count). The van der Waals surface area contributed by atoms with Crippen LogP contribution in [0.2, 0.25) is 0 Å². The van der Waals surface area contributed by atoms with Crippen molar-refractivity contribution < 1.29 is 33.8 Å². The molecular formula is C28H42O7. The summed E-state index contributed by atoms with van der Waals surface area (Å²) in [6, 6.07) is 0. The van der Waals surface area contributed by atoms with E-state index < -0.39 is 5.97 Å². The van der Waals surface area contributed by atoms with Gasteiger partial charge in [0.1, 0.15) is 18.0 Å². The van der Waals surface area contributed by atoms with Crippen molar-refractivity contribution in [2.75, 3.05) is 0 Å². The SMILES string of the molecule is CC(=O)O[C@H]1CC[C@@]2(C)[C@@H](CC[C@@H]3[C@@H]2C[C@@H](OC(=O)CCCC(=O)O)[C@]2(C)[C@@H](C(C)=O)CC[C@@H]32)C1. The van der Waals surface area contributed by atoms with Crippen LogP contribution in [0, 0.1) is 40.4 Å². The molecule has 0 spiro atoms. The number of carbonyl (C=O) groups excluding carboxylic acids is 3. The lowest BCUT2D eigenvalue weighted by Crippen LogP contribution is -2.59. The summed E-state index contributed by atoms with van der Waals surface area (Å²) < 4.78 is 11.8. The minimum Gasteiger partial charge on any atom is -0.481 e. The summed E-state index contributed by atoms with van der Waals surface area (Å²) in [6.45, 7) is 7.72. The molecule has 0 heterocycles. The highest BCUT2D eigenvalue weighted by Crippen LogP contribution is 2.68. The average molecular weight is 491 g/mol. The Kier molecular flexibility index (Phi) is 7.36. The van der Waals surface area contributed by atoms with E-state index in [9.17, 15) is 19.2 Å². The van der Waals surface area contributed by atoms with Crippen LogP contribution in [0.5, 0.6) is 0 Å². The van der Waals surface area contributed by atoms with E-state index in [2.05, 4.69) is 13.8 Å². The van der Waals surface area contributed by atoms with Crippen LogP contribution < -0.4 is 0 Å². The molecule has 0 radical (unpaired) electrons. The number of esters is 2. The van der Waals surface area contributed by atoms with Gasteiger partial charge in [0.05, 0.1) is 0 Å². The summed E-state index contributed by atoms with van der Waals surface area (Å²) in [5.41, 5.74) is -0.267. The number of Topliss-reactive ketones (excluding diaryl/α,β-unsaturated/α-hetero) is 1. The summed E-state index contributed by atoms with van der Waals surface area (Å²) in [6.07, 6.45) is 7.56. The van der Waals surface area contributed by atoms with Crippen LogP contribution >= 0.6 is 0 Å². The number of ketones is 1. The summed E-state index contributed by atoms with van der Waals surface area (Å²) in [7, 11) is 0. The molecule has 7 nitrogen and oxygen atoms in total. The quantitative estimate of drug-likeness (QED) is 0.504. The number of carbonyl (C=O) groups is 4. The topological polar surface area (TPSA) is 107 Å². The van der Waals surface area contributed by atoms with Crippen molar-refractivity contribution in [1.82, 2.24) is 0 Å². The van der Waals surface area contributed by atoms with Crippen LogP contribution in [0.25, 0.3) is 0 Å². The third-order valence-corrected chi connectivity index (χ3v) is 10.6. The van der Waals surface area contributed by atoms with E-state index in [4.69, 9.17) is 14.6 Å². The standard InChI is InChI=1S/C28H42O7/c1-16(29)21-10-11-22-20-9-8-18-14-19(34-17(2)30)12-13-27(18,3)23(20)15-24(28(21,22)4)35-26(33)7-5-6-25(31)32/h18-24H,5-15H2,1-4H3,(H,31,32)/t18-,19-,20-,21+,22-,23-,24+,27-,28+/m0/s1. The fraction of sp³-hybridized carbons (Fsp3) is 0.857. The van der Waals surface area contributed by atoms with Crippen LogP contribution in [-0.2, 0) is 28.7 Å². The highest BCUT2D eigenvalue weighted by molar-refractivity contribution is 5.80. The van der Waals surface area contributed by atoms with Gasteiger partial charge in [-0.1, -0.05) is 13.8 Å². The third kappa shape index (κ3) is 4.76. The summed E-state index contributed by atoms with van der Waals surface area (Å²) in [4.78, 5) is 48.0. The molecule has 4 fully saturated rings. The number of aliphatic carboxylic acids is 1. The van der Waals surface area contributed by atoms with E-state index in [0.29, 0.717) is 23.7 Å². The summed E-state index contributed by atoms with van der Waals surface area (Å²) >= 11 is 0. The Balaban J connectivity index is 1.58. The molecule has 1 N–H and O–H groups in total. The first kappa shape index (κ1) is 26.2. The van der Waals surface area contributed by atoms with Gasteiger partial charge in [-0.3, -0.25) is 19.2 Å². The van der Waals surface area contributed by atoms with Gasteiger partial charge in [-0.2, -0.15) is 0 Å². The molecule has 4 aliphatic rings. The maximum Gasteiger partial charge on any atom is 0.306 e. The fourth-order valence-corrected chi connectivity index (χ4v) is 8.94. The van der Waals surface area contributed by atoms with E-state index in [1.54, 1.807) is 6.92 Å². The van der Waals surface area contributed by atoms with Crippen LogP contribution in [0.3, 0.4) is 0 Å². The van der Waals surface area contributed by atoms with Gasteiger partial charge in [-0.25, -0.2) is 0 Å². The summed E-state index contributed by atoms with van der Waals surface area (Å²) in [5, 5.41) is 8.93. The molecule has 196 valence electrons. The Morgan fingerprint density at radius 1 is 0.886 bits per heavy atom. The Bertz CT molecular complexity index is 867. The van der Waals surface area contributed by atoms with Gasteiger partial charge < -0.3 is 14.6 Å². The van der Waals surface area contributed by atoms with E-state index >= 15 is 0 Å². The molecule has 9 atom stereocenters. The minimum absolute atomic E-state index is 0.00702. The van der Waals surface area contributed by atoms with Crippen molar-refractivity contribution in [3.05, 3.63) is 0 Å². The number of rotatable bonds is 7. The van der Waals surface area contributed by atoms with Crippen molar-refractivity contribution in [3.8, 4) is 0 Å². The molecule has 7 heteroatoms. The molecule has 0 saturated heterocycles. The number of hydrogen-bond donors (Lipinski definition) is 1. The molecule has 4 aliphatic carbocycles. The molecule has 35 heavy (non-hydrogen) atoms. The van der Waals surface area contributed by atoms with Crippen molar-refractivity contribution in [2.24, 2.45) is 40.4 Å². The number of ether oxygens (including phenoxy) is 2.